The number of amides is 2. The number of fused-ring (bicyclic) bond motifs is 1. The molecule has 1 aromatic carbocycles. The molecule has 130 valence electrons. The summed E-state index contributed by atoms with van der Waals surface area (Å²) in [4.78, 5) is 32.4. The minimum atomic E-state index is 0.0528. The fourth-order valence-corrected chi connectivity index (χ4v) is 3.91. The molecule has 0 radical (unpaired) electrons. The van der Waals surface area contributed by atoms with E-state index in [1.165, 1.54) is 0 Å². The van der Waals surface area contributed by atoms with Crippen LogP contribution < -0.4 is 4.90 Å². The normalized spacial score (nSPS) is 19.8. The topological polar surface area (TPSA) is 58.4 Å². The molecule has 0 unspecified atom stereocenters. The van der Waals surface area contributed by atoms with Gasteiger partial charge in [0.05, 0.1) is 12.4 Å². The number of imidazole rings is 1. The van der Waals surface area contributed by atoms with Crippen LogP contribution in [0.3, 0.4) is 0 Å². The van der Waals surface area contributed by atoms with Crippen LogP contribution in [0.15, 0.2) is 36.9 Å². The highest BCUT2D eigenvalue weighted by molar-refractivity contribution is 5.98. The van der Waals surface area contributed by atoms with Crippen molar-refractivity contribution in [3.8, 4) is 0 Å². The largest absolute Gasteiger partial charge is 0.337 e. The molecule has 6 heteroatoms. The number of likely N-dealkylation sites (tertiary alicyclic amines) is 1. The third-order valence-electron chi connectivity index (χ3n) is 5.23. The number of benzene rings is 1. The molecule has 1 atom stereocenters. The van der Waals surface area contributed by atoms with Gasteiger partial charge in [0.15, 0.2) is 0 Å². The standard InChI is InChI=1S/C19H22N4O2/c1-14(24)23-9-6-15-11-16(4-5-18(15)23)19(25)21-8-2-3-17(12-21)22-10-7-20-13-22/h4-5,7,10-11,13,17H,2-3,6,8-9,12H2,1H3/t17-/m0/s1. The molecule has 1 aromatic heterocycles. The van der Waals surface area contributed by atoms with E-state index in [0.717, 1.165) is 42.6 Å². The smallest absolute Gasteiger partial charge is 0.253 e. The van der Waals surface area contributed by atoms with Crippen LogP contribution in [0.25, 0.3) is 0 Å². The Morgan fingerprint density at radius 3 is 2.88 bits per heavy atom. The Morgan fingerprint density at radius 1 is 1.24 bits per heavy atom. The van der Waals surface area contributed by atoms with Crippen LogP contribution in [-0.4, -0.2) is 45.9 Å². The van der Waals surface area contributed by atoms with E-state index in [-0.39, 0.29) is 11.8 Å². The van der Waals surface area contributed by atoms with Crippen molar-refractivity contribution in [2.75, 3.05) is 24.5 Å². The second kappa shape index (κ2) is 6.35. The molecule has 0 N–H and O–H groups in total. The number of anilines is 1. The lowest BCUT2D eigenvalue weighted by molar-refractivity contribution is -0.116. The first kappa shape index (κ1) is 15.9. The SMILES string of the molecule is CC(=O)N1CCc2cc(C(=O)N3CCC[C@H](n4ccnc4)C3)ccc21. The number of carbonyl (C=O) groups excluding carboxylic acids is 2. The van der Waals surface area contributed by atoms with Gasteiger partial charge >= 0.3 is 0 Å². The van der Waals surface area contributed by atoms with Crippen LogP contribution in [0.5, 0.6) is 0 Å². The predicted molar refractivity (Wildman–Crippen MR) is 94.6 cm³/mol. The summed E-state index contributed by atoms with van der Waals surface area (Å²) in [6.45, 7) is 3.79. The second-order valence-electron chi connectivity index (χ2n) is 6.82. The average Bonchev–Trinajstić information content (AvgIpc) is 3.30. The summed E-state index contributed by atoms with van der Waals surface area (Å²) in [5.74, 6) is 0.130. The molecule has 4 rings (SSSR count). The summed E-state index contributed by atoms with van der Waals surface area (Å²) >= 11 is 0. The van der Waals surface area contributed by atoms with Crippen molar-refractivity contribution < 1.29 is 9.59 Å². The van der Waals surface area contributed by atoms with Crippen LogP contribution in [-0.2, 0) is 11.2 Å². The van der Waals surface area contributed by atoms with Gasteiger partial charge in [-0.15, -0.1) is 0 Å². The summed E-state index contributed by atoms with van der Waals surface area (Å²) < 4.78 is 2.09. The number of rotatable bonds is 2. The molecule has 2 aliphatic rings. The first-order valence-electron chi connectivity index (χ1n) is 8.81. The Kier molecular flexibility index (Phi) is 4.03. The fraction of sp³-hybridized carbons (Fsp3) is 0.421. The molecular formula is C19H22N4O2. The zero-order valence-corrected chi connectivity index (χ0v) is 14.4. The summed E-state index contributed by atoms with van der Waals surface area (Å²) in [6, 6.07) is 6.02. The maximum atomic E-state index is 13.0. The maximum absolute atomic E-state index is 13.0. The number of nitrogens with zero attached hydrogens (tertiary/aromatic N) is 4. The van der Waals surface area contributed by atoms with Crippen molar-refractivity contribution in [3.63, 3.8) is 0 Å². The molecule has 0 spiro atoms. The molecular weight excluding hydrogens is 316 g/mol. The summed E-state index contributed by atoms with van der Waals surface area (Å²) in [7, 11) is 0. The molecule has 2 aliphatic heterocycles. The van der Waals surface area contributed by atoms with E-state index in [4.69, 9.17) is 0 Å². The molecule has 2 amide bonds. The number of aromatic nitrogens is 2. The fourth-order valence-electron chi connectivity index (χ4n) is 3.91. The van der Waals surface area contributed by atoms with Crippen molar-refractivity contribution >= 4 is 17.5 Å². The van der Waals surface area contributed by atoms with E-state index in [0.29, 0.717) is 19.1 Å². The number of hydrogen-bond donors (Lipinski definition) is 0. The summed E-state index contributed by atoms with van der Waals surface area (Å²) in [5, 5.41) is 0. The van der Waals surface area contributed by atoms with E-state index >= 15 is 0 Å². The highest BCUT2D eigenvalue weighted by atomic mass is 16.2. The lowest BCUT2D eigenvalue weighted by Crippen LogP contribution is -2.40. The molecule has 6 nitrogen and oxygen atoms in total. The molecule has 25 heavy (non-hydrogen) atoms. The molecule has 0 saturated carbocycles. The van der Waals surface area contributed by atoms with Crippen LogP contribution in [0, 0.1) is 0 Å². The van der Waals surface area contributed by atoms with Crippen LogP contribution in [0.2, 0.25) is 0 Å². The highest BCUT2D eigenvalue weighted by Gasteiger charge is 2.27. The monoisotopic (exact) mass is 338 g/mol. The van der Waals surface area contributed by atoms with Crippen LogP contribution in [0.4, 0.5) is 5.69 Å². The van der Waals surface area contributed by atoms with Gasteiger partial charge in [-0.05, 0) is 43.0 Å². The second-order valence-corrected chi connectivity index (χ2v) is 6.82. The Labute approximate surface area is 147 Å². The van der Waals surface area contributed by atoms with Gasteiger partial charge in [-0.3, -0.25) is 9.59 Å². The predicted octanol–water partition coefficient (Wildman–Crippen LogP) is 2.27. The van der Waals surface area contributed by atoms with Gasteiger partial charge in [0, 0.05) is 50.2 Å². The third kappa shape index (κ3) is 2.92. The summed E-state index contributed by atoms with van der Waals surface area (Å²) in [5.41, 5.74) is 2.75. The van der Waals surface area contributed by atoms with Gasteiger partial charge in [0.25, 0.3) is 5.91 Å². The van der Waals surface area contributed by atoms with Crippen molar-refractivity contribution in [1.82, 2.24) is 14.5 Å². The van der Waals surface area contributed by atoms with E-state index < -0.39 is 0 Å². The van der Waals surface area contributed by atoms with Gasteiger partial charge < -0.3 is 14.4 Å². The minimum Gasteiger partial charge on any atom is -0.337 e. The minimum absolute atomic E-state index is 0.0528. The Balaban J connectivity index is 1.52. The van der Waals surface area contributed by atoms with E-state index in [2.05, 4.69) is 9.55 Å². The molecule has 0 aliphatic carbocycles. The van der Waals surface area contributed by atoms with Crippen molar-refractivity contribution in [2.24, 2.45) is 0 Å². The van der Waals surface area contributed by atoms with Crippen LogP contribution in [0.1, 0.15) is 41.7 Å². The molecule has 1 fully saturated rings. The lowest BCUT2D eigenvalue weighted by atomic mass is 10.0. The molecule has 2 aromatic rings. The Bertz CT molecular complexity index is 800. The van der Waals surface area contributed by atoms with Crippen molar-refractivity contribution in [1.29, 1.82) is 0 Å². The molecule has 3 heterocycles. The number of hydrogen-bond acceptors (Lipinski definition) is 3. The average molecular weight is 338 g/mol. The van der Waals surface area contributed by atoms with Gasteiger partial charge in [-0.25, -0.2) is 4.98 Å². The van der Waals surface area contributed by atoms with E-state index in [1.54, 1.807) is 18.0 Å². The van der Waals surface area contributed by atoms with Gasteiger partial charge in [0.1, 0.15) is 0 Å². The lowest BCUT2D eigenvalue weighted by Gasteiger charge is -2.33. The van der Waals surface area contributed by atoms with Crippen LogP contribution >= 0.6 is 0 Å². The zero-order valence-electron chi connectivity index (χ0n) is 14.4. The van der Waals surface area contributed by atoms with E-state index in [9.17, 15) is 9.59 Å². The Morgan fingerprint density at radius 2 is 2.12 bits per heavy atom. The van der Waals surface area contributed by atoms with Gasteiger partial charge in [-0.2, -0.15) is 0 Å². The molecule has 0 bridgehead atoms. The zero-order chi connectivity index (χ0) is 17.4. The molecule has 1 saturated heterocycles. The summed E-state index contributed by atoms with van der Waals surface area (Å²) in [6.07, 6.45) is 8.44. The van der Waals surface area contributed by atoms with Gasteiger partial charge in [-0.1, -0.05) is 0 Å². The third-order valence-corrected chi connectivity index (χ3v) is 5.23. The van der Waals surface area contributed by atoms with Crippen molar-refractivity contribution in [3.05, 3.63) is 48.0 Å². The quantitative estimate of drug-likeness (QED) is 0.844. The highest BCUT2D eigenvalue weighted by Crippen LogP contribution is 2.30. The van der Waals surface area contributed by atoms with Crippen molar-refractivity contribution in [2.45, 2.75) is 32.2 Å². The number of carbonyl (C=O) groups is 2. The maximum Gasteiger partial charge on any atom is 0.253 e. The first-order valence-corrected chi connectivity index (χ1v) is 8.81. The first-order chi connectivity index (χ1) is 12.1. The Hall–Kier alpha value is -2.63. The van der Waals surface area contributed by atoms with Gasteiger partial charge in [0.2, 0.25) is 5.91 Å². The van der Waals surface area contributed by atoms with E-state index in [1.807, 2.05) is 35.6 Å². The number of piperidine rings is 1.